The number of hydrogen-bond donors (Lipinski definition) is 0. The number of carbonyl (C=O) groups is 2. The largest absolute Gasteiger partial charge is 0.462 e. The van der Waals surface area contributed by atoms with Gasteiger partial charge < -0.3 is 4.74 Å². The Hall–Kier alpha value is -1.38. The van der Waals surface area contributed by atoms with E-state index in [1.165, 1.54) is 102 Å². The monoisotopic (exact) mass is 665 g/mol. The van der Waals surface area contributed by atoms with E-state index in [4.69, 9.17) is 4.74 Å². The highest BCUT2D eigenvalue weighted by molar-refractivity contribution is 5.90. The summed E-state index contributed by atoms with van der Waals surface area (Å²) in [6, 6.07) is 0. The van der Waals surface area contributed by atoms with Crippen LogP contribution in [0.25, 0.3) is 0 Å². The molecule has 0 heterocycles. The zero-order valence-corrected chi connectivity index (χ0v) is 32.6. The molecule has 0 radical (unpaired) electrons. The van der Waals surface area contributed by atoms with E-state index in [1.54, 1.807) is 0 Å². The van der Waals surface area contributed by atoms with Gasteiger partial charge in [0.1, 0.15) is 11.9 Å². The summed E-state index contributed by atoms with van der Waals surface area (Å²) >= 11 is 0. The van der Waals surface area contributed by atoms with E-state index in [-0.39, 0.29) is 17.5 Å². The van der Waals surface area contributed by atoms with Crippen molar-refractivity contribution in [3.63, 3.8) is 0 Å². The number of fused-ring (bicyclic) bond motifs is 5. The maximum absolute atomic E-state index is 14.0. The molecule has 4 rings (SSSR count). The van der Waals surface area contributed by atoms with E-state index in [2.05, 4.69) is 66.7 Å². The number of allylic oxidation sites excluding steroid dienone is 3. The van der Waals surface area contributed by atoms with Gasteiger partial charge in [-0.15, -0.1) is 0 Å². The first-order chi connectivity index (χ1) is 23.1. The normalized spacial score (nSPS) is 32.9. The molecule has 3 heteroatoms. The van der Waals surface area contributed by atoms with E-state index in [0.717, 1.165) is 38.0 Å². The molecule has 0 saturated heterocycles. The second-order valence-electron chi connectivity index (χ2n) is 17.8. The molecule has 0 N–H and O–H groups in total. The molecule has 3 nitrogen and oxygen atoms in total. The number of ether oxygens (including phenoxy) is 1. The summed E-state index contributed by atoms with van der Waals surface area (Å²) in [7, 11) is 0. The third kappa shape index (κ3) is 9.48. The molecule has 0 aliphatic heterocycles. The van der Waals surface area contributed by atoms with Crippen LogP contribution < -0.4 is 0 Å². The minimum absolute atomic E-state index is 0.0963. The van der Waals surface area contributed by atoms with Crippen LogP contribution in [0.3, 0.4) is 0 Å². The van der Waals surface area contributed by atoms with Crippen LogP contribution in [-0.4, -0.2) is 17.9 Å². The number of hydrogen-bond acceptors (Lipinski definition) is 3. The average molecular weight is 665 g/mol. The Morgan fingerprint density at radius 3 is 2.06 bits per heavy atom. The molecule has 0 aromatic carbocycles. The van der Waals surface area contributed by atoms with Gasteiger partial charge in [-0.3, -0.25) is 9.59 Å². The van der Waals surface area contributed by atoms with Crippen LogP contribution in [0, 0.1) is 52.3 Å². The van der Waals surface area contributed by atoms with Crippen LogP contribution in [-0.2, 0) is 14.3 Å². The van der Waals surface area contributed by atoms with Crippen molar-refractivity contribution >= 4 is 11.8 Å². The van der Waals surface area contributed by atoms with Gasteiger partial charge in [-0.25, -0.2) is 0 Å². The van der Waals surface area contributed by atoms with Gasteiger partial charge in [0.15, 0.2) is 0 Å². The first-order valence-corrected chi connectivity index (χ1v) is 21.2. The summed E-state index contributed by atoms with van der Waals surface area (Å²) in [5.41, 5.74) is 1.29. The van der Waals surface area contributed by atoms with Crippen molar-refractivity contribution in [1.29, 1.82) is 0 Å². The van der Waals surface area contributed by atoms with Crippen LogP contribution in [0.1, 0.15) is 190 Å². The first-order valence-electron chi connectivity index (χ1n) is 21.2. The minimum Gasteiger partial charge on any atom is -0.462 e. The number of esters is 1. The van der Waals surface area contributed by atoms with E-state index in [9.17, 15) is 9.59 Å². The van der Waals surface area contributed by atoms with Gasteiger partial charge in [0.25, 0.3) is 0 Å². The second-order valence-corrected chi connectivity index (χ2v) is 17.8. The molecule has 4 aliphatic carbocycles. The minimum atomic E-state index is -0.364. The number of unbranched alkanes of at least 4 members (excludes halogenated alkanes) is 12. The maximum atomic E-state index is 14.0. The van der Waals surface area contributed by atoms with Crippen molar-refractivity contribution in [2.24, 2.45) is 52.3 Å². The molecule has 3 saturated carbocycles. The lowest BCUT2D eigenvalue weighted by atomic mass is 9.46. The molecule has 4 aliphatic rings. The summed E-state index contributed by atoms with van der Waals surface area (Å²) in [6.07, 6.45) is 33.2. The summed E-state index contributed by atoms with van der Waals surface area (Å²) in [5.74, 6) is 4.73. The Balaban J connectivity index is 1.21. The highest BCUT2D eigenvalue weighted by Crippen LogP contribution is 2.66. The molecule has 9 unspecified atom stereocenters. The zero-order valence-electron chi connectivity index (χ0n) is 32.6. The van der Waals surface area contributed by atoms with Gasteiger partial charge in [0, 0.05) is 19.3 Å². The van der Waals surface area contributed by atoms with E-state index >= 15 is 0 Å². The van der Waals surface area contributed by atoms with Crippen LogP contribution in [0.4, 0.5) is 0 Å². The van der Waals surface area contributed by atoms with Crippen molar-refractivity contribution in [1.82, 2.24) is 0 Å². The summed E-state index contributed by atoms with van der Waals surface area (Å²) in [5, 5.41) is 0. The highest BCUT2D eigenvalue weighted by Gasteiger charge is 2.61. The lowest BCUT2D eigenvalue weighted by Crippen LogP contribution is -2.54. The predicted octanol–water partition coefficient (Wildman–Crippen LogP) is 13.0. The molecule has 0 amide bonds. The van der Waals surface area contributed by atoms with E-state index in [1.807, 2.05) is 0 Å². The molecule has 9 atom stereocenters. The van der Waals surface area contributed by atoms with Crippen LogP contribution in [0.5, 0.6) is 0 Å². The van der Waals surface area contributed by atoms with Gasteiger partial charge in [-0.1, -0.05) is 142 Å². The number of carbonyl (C=O) groups excluding carboxylic acids is 2. The van der Waals surface area contributed by atoms with Crippen molar-refractivity contribution in [3.05, 3.63) is 23.8 Å². The Bertz CT molecular complexity index is 1070. The SMILES string of the molecule is CCCCCCCCCCCCCCCC(=O)OC1CC(=O)C2(C)C(=CCC3C2CCC2(C)C(C(C)C=CC(CC)C(C)C)CCC32)C1. The van der Waals surface area contributed by atoms with Crippen molar-refractivity contribution < 1.29 is 14.3 Å². The second kappa shape index (κ2) is 18.7. The molecular weight excluding hydrogens is 588 g/mol. The zero-order chi connectivity index (χ0) is 34.7. The lowest BCUT2D eigenvalue weighted by molar-refractivity contribution is -0.155. The Morgan fingerprint density at radius 2 is 1.46 bits per heavy atom. The van der Waals surface area contributed by atoms with Crippen molar-refractivity contribution in [2.45, 2.75) is 196 Å². The van der Waals surface area contributed by atoms with Gasteiger partial charge in [-0.05, 0) is 98.7 Å². The summed E-state index contributed by atoms with van der Waals surface area (Å²) in [6.45, 7) is 16.6. The van der Waals surface area contributed by atoms with Crippen LogP contribution in [0.15, 0.2) is 23.8 Å². The van der Waals surface area contributed by atoms with Crippen LogP contribution in [0.2, 0.25) is 0 Å². The van der Waals surface area contributed by atoms with E-state index < -0.39 is 0 Å². The number of ketones is 1. The molecule has 0 aromatic rings. The third-order valence-electron chi connectivity index (χ3n) is 14.4. The number of rotatable bonds is 20. The predicted molar refractivity (Wildman–Crippen MR) is 203 cm³/mol. The third-order valence-corrected chi connectivity index (χ3v) is 14.4. The fourth-order valence-corrected chi connectivity index (χ4v) is 11.3. The van der Waals surface area contributed by atoms with Gasteiger partial charge in [0.2, 0.25) is 0 Å². The molecule has 48 heavy (non-hydrogen) atoms. The number of Topliss-reactive ketones (excluding diaryl/α,β-unsaturated/α-hetero) is 1. The maximum Gasteiger partial charge on any atom is 0.306 e. The molecule has 274 valence electrons. The molecule has 0 bridgehead atoms. The smallest absolute Gasteiger partial charge is 0.306 e. The summed E-state index contributed by atoms with van der Waals surface area (Å²) in [4.78, 5) is 26.8. The van der Waals surface area contributed by atoms with Gasteiger partial charge in [-0.2, -0.15) is 0 Å². The van der Waals surface area contributed by atoms with Gasteiger partial charge >= 0.3 is 5.97 Å². The molecule has 3 fully saturated rings. The fraction of sp³-hybridized carbons (Fsp3) is 0.867. The highest BCUT2D eigenvalue weighted by atomic mass is 16.5. The topological polar surface area (TPSA) is 43.4 Å². The van der Waals surface area contributed by atoms with E-state index in [0.29, 0.717) is 59.5 Å². The van der Waals surface area contributed by atoms with Crippen molar-refractivity contribution in [2.75, 3.05) is 0 Å². The van der Waals surface area contributed by atoms with Gasteiger partial charge in [0.05, 0.1) is 5.41 Å². The fourth-order valence-electron chi connectivity index (χ4n) is 11.3. The molecule has 0 spiro atoms. The quantitative estimate of drug-likeness (QED) is 0.0739. The van der Waals surface area contributed by atoms with Crippen molar-refractivity contribution in [3.8, 4) is 0 Å². The standard InChI is InChI=1S/C45H76O3/c1-8-10-11-12-13-14-15-16-17-18-19-20-21-22-43(47)48-37-31-36-25-26-38-40-28-27-39(34(5)23-24-35(9-2)33(3)4)44(40,6)30-29-41(38)45(36,7)42(46)32-37/h23-25,33-35,37-41H,8-22,26-32H2,1-7H3. The Labute approximate surface area is 297 Å². The molecular formula is C45H76O3. The molecule has 0 aromatic heterocycles. The first kappa shape index (κ1) is 39.4. The Kier molecular flexibility index (Phi) is 15.4. The van der Waals surface area contributed by atoms with Crippen LogP contribution >= 0.6 is 0 Å². The summed E-state index contributed by atoms with van der Waals surface area (Å²) < 4.78 is 5.98. The average Bonchev–Trinajstić information content (AvgIpc) is 3.41. The Morgan fingerprint density at radius 1 is 0.833 bits per heavy atom. The lowest BCUT2D eigenvalue weighted by Gasteiger charge is -2.57.